The molecule has 1 saturated heterocycles. The molecule has 2 aliphatic heterocycles. The van der Waals surface area contributed by atoms with E-state index in [1.165, 1.54) is 0 Å². The Labute approximate surface area is 169 Å². The molecule has 154 valence electrons. The Bertz CT molecular complexity index is 854. The number of benzene rings is 2. The summed E-state index contributed by atoms with van der Waals surface area (Å²) in [4.78, 5) is 15.6. The molecule has 0 aliphatic carbocycles. The Morgan fingerprint density at radius 1 is 1.17 bits per heavy atom. The van der Waals surface area contributed by atoms with Gasteiger partial charge in [0, 0.05) is 37.9 Å². The fourth-order valence-electron chi connectivity index (χ4n) is 3.53. The van der Waals surface area contributed by atoms with Crippen LogP contribution in [0.1, 0.15) is 0 Å². The van der Waals surface area contributed by atoms with Crippen molar-refractivity contribution in [1.82, 2.24) is 10.2 Å². The molecule has 9 nitrogen and oxygen atoms in total. The summed E-state index contributed by atoms with van der Waals surface area (Å²) in [5.74, 6) is 1.35. The van der Waals surface area contributed by atoms with E-state index in [0.717, 1.165) is 44.2 Å². The third kappa shape index (κ3) is 4.64. The van der Waals surface area contributed by atoms with E-state index in [9.17, 15) is 9.90 Å². The van der Waals surface area contributed by atoms with Crippen LogP contribution in [0.4, 0.5) is 21.9 Å². The minimum Gasteiger partial charge on any atom is -0.465 e. The Morgan fingerprint density at radius 3 is 2.62 bits per heavy atom. The lowest BCUT2D eigenvalue weighted by molar-refractivity contribution is 0.0390. The molecule has 0 bridgehead atoms. The van der Waals surface area contributed by atoms with Crippen molar-refractivity contribution in [2.24, 2.45) is 0 Å². The molecule has 1 unspecified atom stereocenters. The van der Waals surface area contributed by atoms with Gasteiger partial charge in [-0.25, -0.2) is 4.79 Å². The molecule has 1 amide bonds. The summed E-state index contributed by atoms with van der Waals surface area (Å²) in [5, 5.41) is 15.0. The number of nitrogen functional groups attached to an aromatic ring is 1. The van der Waals surface area contributed by atoms with Gasteiger partial charge in [-0.15, -0.1) is 0 Å². The van der Waals surface area contributed by atoms with Gasteiger partial charge in [-0.2, -0.15) is 0 Å². The quantitative estimate of drug-likeness (QED) is 0.547. The number of ether oxygens (including phenoxy) is 2. The van der Waals surface area contributed by atoms with Crippen LogP contribution < -0.4 is 26.0 Å². The molecular formula is C20H25N5O4. The van der Waals surface area contributed by atoms with Gasteiger partial charge in [0.05, 0.1) is 24.6 Å². The maximum absolute atomic E-state index is 11.3. The number of amides is 1. The summed E-state index contributed by atoms with van der Waals surface area (Å²) < 4.78 is 11.3. The smallest absolute Gasteiger partial charge is 0.407 e. The lowest BCUT2D eigenvalue weighted by Gasteiger charge is -2.31. The fraction of sp³-hybridized carbons (Fsp3) is 0.350. The Balaban J connectivity index is 1.51. The van der Waals surface area contributed by atoms with Gasteiger partial charge in [-0.3, -0.25) is 10.2 Å². The Morgan fingerprint density at radius 2 is 1.90 bits per heavy atom. The van der Waals surface area contributed by atoms with Gasteiger partial charge in [0.15, 0.2) is 6.29 Å². The van der Waals surface area contributed by atoms with Gasteiger partial charge in [0.1, 0.15) is 11.5 Å². The lowest BCUT2D eigenvalue weighted by Crippen LogP contribution is -2.52. The maximum atomic E-state index is 11.3. The maximum Gasteiger partial charge on any atom is 0.407 e. The largest absolute Gasteiger partial charge is 0.465 e. The summed E-state index contributed by atoms with van der Waals surface area (Å²) >= 11 is 0. The summed E-state index contributed by atoms with van der Waals surface area (Å²) in [6, 6.07) is 12.9. The molecule has 0 spiro atoms. The molecule has 9 heteroatoms. The van der Waals surface area contributed by atoms with E-state index < -0.39 is 12.4 Å². The highest BCUT2D eigenvalue weighted by atomic mass is 16.5. The first kappa shape index (κ1) is 19.2. The summed E-state index contributed by atoms with van der Waals surface area (Å²) in [7, 11) is 0. The number of nitrogens with two attached hydrogens (primary N) is 1. The molecule has 1 fully saturated rings. The van der Waals surface area contributed by atoms with Crippen LogP contribution in [0.3, 0.4) is 0 Å². The number of morpholine rings is 1. The second-order valence-electron chi connectivity index (χ2n) is 6.99. The fourth-order valence-corrected chi connectivity index (χ4v) is 3.53. The van der Waals surface area contributed by atoms with Crippen LogP contribution >= 0.6 is 0 Å². The van der Waals surface area contributed by atoms with E-state index in [1.807, 2.05) is 35.2 Å². The van der Waals surface area contributed by atoms with Crippen LogP contribution in [0, 0.1) is 0 Å². The molecular weight excluding hydrogens is 374 g/mol. The normalized spacial score (nSPS) is 18.8. The SMILES string of the molecule is Nc1ccc(Oc2ccc3c(c2)N(CCN2CCOCC2)C(NC(=O)O)N3)cc1. The van der Waals surface area contributed by atoms with E-state index in [4.69, 9.17) is 15.2 Å². The van der Waals surface area contributed by atoms with E-state index in [0.29, 0.717) is 23.7 Å². The van der Waals surface area contributed by atoms with Gasteiger partial charge >= 0.3 is 6.09 Å². The van der Waals surface area contributed by atoms with Crippen molar-refractivity contribution >= 4 is 23.2 Å². The third-order valence-corrected chi connectivity index (χ3v) is 5.02. The lowest BCUT2D eigenvalue weighted by atomic mass is 10.2. The van der Waals surface area contributed by atoms with Crippen LogP contribution in [0.2, 0.25) is 0 Å². The number of nitrogens with one attached hydrogen (secondary N) is 2. The standard InChI is InChI=1S/C20H25N5O4/c21-14-1-3-15(4-2-14)29-16-5-6-17-18(13-16)25(19(22-17)23-20(26)27)8-7-24-9-11-28-12-10-24/h1-6,13,19,22-23H,7-12,21H2,(H,26,27). The van der Waals surface area contributed by atoms with Gasteiger partial charge < -0.3 is 30.5 Å². The van der Waals surface area contributed by atoms with Crippen LogP contribution in [0.15, 0.2) is 42.5 Å². The van der Waals surface area contributed by atoms with E-state index >= 15 is 0 Å². The average Bonchev–Trinajstić information content (AvgIpc) is 3.04. The van der Waals surface area contributed by atoms with Crippen molar-refractivity contribution in [3.63, 3.8) is 0 Å². The highest BCUT2D eigenvalue weighted by Crippen LogP contribution is 2.38. The van der Waals surface area contributed by atoms with Crippen molar-refractivity contribution < 1.29 is 19.4 Å². The monoisotopic (exact) mass is 399 g/mol. The number of fused-ring (bicyclic) bond motifs is 1. The highest BCUT2D eigenvalue weighted by molar-refractivity contribution is 5.79. The predicted octanol–water partition coefficient (Wildman–Crippen LogP) is 2.18. The molecule has 2 heterocycles. The van der Waals surface area contributed by atoms with Gasteiger partial charge in [0.2, 0.25) is 0 Å². The number of rotatable bonds is 6. The number of anilines is 3. The number of hydrogen-bond acceptors (Lipinski definition) is 7. The summed E-state index contributed by atoms with van der Waals surface area (Å²) in [5.41, 5.74) is 8.15. The van der Waals surface area contributed by atoms with Crippen LogP contribution in [0.25, 0.3) is 0 Å². The number of nitrogens with zero attached hydrogens (tertiary/aromatic N) is 2. The van der Waals surface area contributed by atoms with Gasteiger partial charge in [-0.1, -0.05) is 0 Å². The minimum absolute atomic E-state index is 0.532. The number of carboxylic acid groups (broad SMARTS) is 1. The minimum atomic E-state index is -1.08. The number of hydrogen-bond donors (Lipinski definition) is 4. The highest BCUT2D eigenvalue weighted by Gasteiger charge is 2.30. The van der Waals surface area contributed by atoms with E-state index in [1.54, 1.807) is 12.1 Å². The first-order valence-electron chi connectivity index (χ1n) is 9.59. The van der Waals surface area contributed by atoms with Crippen molar-refractivity contribution in [2.75, 3.05) is 55.3 Å². The average molecular weight is 399 g/mol. The molecule has 0 aromatic heterocycles. The van der Waals surface area contributed by atoms with E-state index in [2.05, 4.69) is 15.5 Å². The molecule has 2 aromatic rings. The molecule has 0 saturated carbocycles. The molecule has 2 aliphatic rings. The summed E-state index contributed by atoms with van der Waals surface area (Å²) in [6.07, 6.45) is -1.61. The number of carbonyl (C=O) groups is 1. The van der Waals surface area contributed by atoms with Crippen molar-refractivity contribution in [1.29, 1.82) is 0 Å². The second-order valence-corrected chi connectivity index (χ2v) is 6.99. The van der Waals surface area contributed by atoms with Crippen molar-refractivity contribution in [2.45, 2.75) is 6.29 Å². The Hall–Kier alpha value is -3.17. The molecule has 29 heavy (non-hydrogen) atoms. The molecule has 5 N–H and O–H groups in total. The van der Waals surface area contributed by atoms with Crippen LogP contribution in [-0.2, 0) is 4.74 Å². The zero-order valence-corrected chi connectivity index (χ0v) is 16.0. The molecule has 4 rings (SSSR count). The first-order chi connectivity index (χ1) is 14.1. The topological polar surface area (TPSA) is 112 Å². The zero-order valence-electron chi connectivity index (χ0n) is 16.0. The third-order valence-electron chi connectivity index (χ3n) is 5.02. The van der Waals surface area contributed by atoms with E-state index in [-0.39, 0.29) is 0 Å². The molecule has 1 atom stereocenters. The van der Waals surface area contributed by atoms with Crippen LogP contribution in [-0.4, -0.2) is 61.8 Å². The molecule has 2 aromatic carbocycles. The first-order valence-corrected chi connectivity index (χ1v) is 9.59. The second kappa shape index (κ2) is 8.46. The zero-order chi connectivity index (χ0) is 20.2. The van der Waals surface area contributed by atoms with Crippen molar-refractivity contribution in [3.05, 3.63) is 42.5 Å². The molecule has 0 radical (unpaired) electrons. The summed E-state index contributed by atoms with van der Waals surface area (Å²) in [6.45, 7) is 4.69. The van der Waals surface area contributed by atoms with Gasteiger partial charge in [-0.05, 0) is 36.4 Å². The van der Waals surface area contributed by atoms with Crippen molar-refractivity contribution in [3.8, 4) is 11.5 Å². The van der Waals surface area contributed by atoms with Crippen LogP contribution in [0.5, 0.6) is 11.5 Å². The van der Waals surface area contributed by atoms with Gasteiger partial charge in [0.25, 0.3) is 0 Å². The predicted molar refractivity (Wildman–Crippen MR) is 111 cm³/mol. The Kier molecular flexibility index (Phi) is 5.59.